The zero-order chi connectivity index (χ0) is 19.9. The van der Waals surface area contributed by atoms with Crippen LogP contribution in [0, 0.1) is 5.82 Å². The number of halogens is 1. The van der Waals surface area contributed by atoms with Crippen LogP contribution >= 0.6 is 0 Å². The topological polar surface area (TPSA) is 57.4 Å². The second-order valence-electron chi connectivity index (χ2n) is 6.58. The fourth-order valence-electron chi connectivity index (χ4n) is 3.11. The number of benzene rings is 2. The lowest BCUT2D eigenvalue weighted by atomic mass is 10.2. The van der Waals surface area contributed by atoms with Gasteiger partial charge in [0.2, 0.25) is 0 Å². The van der Waals surface area contributed by atoms with Gasteiger partial charge in [-0.2, -0.15) is 0 Å². The number of ether oxygens (including phenoxy) is 1. The molecule has 0 unspecified atom stereocenters. The number of para-hydroxylation sites is 1. The van der Waals surface area contributed by atoms with Crippen molar-refractivity contribution in [2.45, 2.75) is 20.4 Å². The maximum atomic E-state index is 13.3. The van der Waals surface area contributed by atoms with Crippen LogP contribution in [0.4, 0.5) is 4.39 Å². The predicted molar refractivity (Wildman–Crippen MR) is 109 cm³/mol. The zero-order valence-electron chi connectivity index (χ0n) is 16.3. The summed E-state index contributed by atoms with van der Waals surface area (Å²) in [4.78, 5) is 17.8. The van der Waals surface area contributed by atoms with E-state index < -0.39 is 0 Å². The van der Waals surface area contributed by atoms with Crippen LogP contribution in [0.25, 0.3) is 10.9 Å². The third kappa shape index (κ3) is 4.89. The minimum Gasteiger partial charge on any atom is -0.492 e. The van der Waals surface area contributed by atoms with Crippen molar-refractivity contribution >= 4 is 16.8 Å². The number of likely N-dealkylation sites (N-methyl/N-ethyl adjacent to an activating group) is 1. The highest BCUT2D eigenvalue weighted by Gasteiger charge is 2.11. The van der Waals surface area contributed by atoms with Gasteiger partial charge in [0.15, 0.2) is 0 Å². The van der Waals surface area contributed by atoms with Crippen molar-refractivity contribution in [2.75, 3.05) is 26.2 Å². The first-order chi connectivity index (χ1) is 13.6. The maximum Gasteiger partial charge on any atom is 0.267 e. The van der Waals surface area contributed by atoms with Gasteiger partial charge in [-0.25, -0.2) is 4.39 Å². The monoisotopic (exact) mass is 383 g/mol. The first-order valence-corrected chi connectivity index (χ1v) is 9.60. The van der Waals surface area contributed by atoms with Gasteiger partial charge in [-0.3, -0.25) is 4.79 Å². The van der Waals surface area contributed by atoms with Crippen molar-refractivity contribution < 1.29 is 13.9 Å². The number of carbonyl (C=O) groups is 1. The number of rotatable bonds is 9. The number of carbonyl (C=O) groups excluding carboxylic acids is 1. The maximum absolute atomic E-state index is 13.3. The van der Waals surface area contributed by atoms with Crippen molar-refractivity contribution in [3.8, 4) is 5.75 Å². The fraction of sp³-hybridized carbons (Fsp3) is 0.318. The number of H-pyrrole nitrogens is 1. The Morgan fingerprint density at radius 1 is 1.14 bits per heavy atom. The summed E-state index contributed by atoms with van der Waals surface area (Å²) in [5, 5.41) is 3.57. The van der Waals surface area contributed by atoms with Crippen molar-refractivity contribution in [1.29, 1.82) is 0 Å². The van der Waals surface area contributed by atoms with Crippen molar-refractivity contribution in [1.82, 2.24) is 15.2 Å². The standard InChI is InChI=1S/C22H26FN3O2/c1-3-26(4-2)11-12-28-21-8-6-5-7-16(21)15-24-22(27)20-14-17-13-18(23)9-10-19(17)25-20/h5-10,13-14,25H,3-4,11-12,15H2,1-2H3,(H,24,27). The largest absolute Gasteiger partial charge is 0.492 e. The summed E-state index contributed by atoms with van der Waals surface area (Å²) >= 11 is 0. The molecule has 3 aromatic rings. The van der Waals surface area contributed by atoms with Crippen LogP contribution in [0.2, 0.25) is 0 Å². The third-order valence-corrected chi connectivity index (χ3v) is 4.80. The first-order valence-electron chi connectivity index (χ1n) is 9.60. The molecule has 0 bridgehead atoms. The fourth-order valence-corrected chi connectivity index (χ4v) is 3.11. The Hall–Kier alpha value is -2.86. The van der Waals surface area contributed by atoms with E-state index in [9.17, 15) is 9.18 Å². The number of aromatic amines is 1. The number of nitrogens with one attached hydrogen (secondary N) is 2. The summed E-state index contributed by atoms with van der Waals surface area (Å²) in [5.74, 6) is 0.206. The normalized spacial score (nSPS) is 11.1. The van der Waals surface area contributed by atoms with Crippen LogP contribution in [0.3, 0.4) is 0 Å². The quantitative estimate of drug-likeness (QED) is 0.588. The molecular weight excluding hydrogens is 357 g/mol. The van der Waals surface area contributed by atoms with Crippen LogP contribution in [-0.2, 0) is 6.54 Å². The minimum absolute atomic E-state index is 0.241. The number of amides is 1. The smallest absolute Gasteiger partial charge is 0.267 e. The molecule has 2 N–H and O–H groups in total. The van der Waals surface area contributed by atoms with E-state index >= 15 is 0 Å². The van der Waals surface area contributed by atoms with Gasteiger partial charge in [0.25, 0.3) is 5.91 Å². The Balaban J connectivity index is 1.61. The summed E-state index contributed by atoms with van der Waals surface area (Å²) in [5.41, 5.74) is 2.05. The Morgan fingerprint density at radius 3 is 2.71 bits per heavy atom. The molecule has 5 nitrogen and oxygen atoms in total. The molecule has 0 fully saturated rings. The molecule has 0 aliphatic rings. The van der Waals surface area contributed by atoms with E-state index in [1.807, 2.05) is 24.3 Å². The van der Waals surface area contributed by atoms with Crippen LogP contribution in [-0.4, -0.2) is 42.0 Å². The predicted octanol–water partition coefficient (Wildman–Crippen LogP) is 3.96. The number of nitrogens with zero attached hydrogens (tertiary/aromatic N) is 1. The van der Waals surface area contributed by atoms with Gasteiger partial charge in [-0.1, -0.05) is 32.0 Å². The van der Waals surface area contributed by atoms with Gasteiger partial charge >= 0.3 is 0 Å². The number of hydrogen-bond acceptors (Lipinski definition) is 3. The molecule has 0 saturated heterocycles. The number of fused-ring (bicyclic) bond motifs is 1. The van der Waals surface area contributed by atoms with Crippen molar-refractivity contribution in [3.05, 3.63) is 65.6 Å². The highest BCUT2D eigenvalue weighted by molar-refractivity contribution is 5.98. The molecule has 6 heteroatoms. The van der Waals surface area contributed by atoms with Crippen molar-refractivity contribution in [2.24, 2.45) is 0 Å². The van der Waals surface area contributed by atoms with Gasteiger partial charge < -0.3 is 19.9 Å². The molecule has 0 radical (unpaired) electrons. The Kier molecular flexibility index (Phi) is 6.66. The molecule has 0 aliphatic carbocycles. The highest BCUT2D eigenvalue weighted by atomic mass is 19.1. The Morgan fingerprint density at radius 2 is 1.93 bits per heavy atom. The van der Waals surface area contributed by atoms with E-state index in [4.69, 9.17) is 4.74 Å². The molecule has 1 heterocycles. The van der Waals surface area contributed by atoms with E-state index in [0.29, 0.717) is 24.2 Å². The molecule has 0 saturated carbocycles. The van der Waals surface area contributed by atoms with E-state index in [-0.39, 0.29) is 11.7 Å². The van der Waals surface area contributed by atoms with Gasteiger partial charge in [0, 0.05) is 29.6 Å². The Bertz CT molecular complexity index is 934. The molecular formula is C22H26FN3O2. The summed E-state index contributed by atoms with van der Waals surface area (Å²) in [6, 6.07) is 13.7. The van der Waals surface area contributed by atoms with E-state index in [0.717, 1.165) is 36.5 Å². The molecule has 0 spiro atoms. The van der Waals surface area contributed by atoms with Gasteiger partial charge in [-0.05, 0) is 43.4 Å². The molecule has 3 rings (SSSR count). The van der Waals surface area contributed by atoms with E-state index in [1.165, 1.54) is 12.1 Å². The average molecular weight is 383 g/mol. The van der Waals surface area contributed by atoms with Gasteiger partial charge in [0.1, 0.15) is 23.9 Å². The van der Waals surface area contributed by atoms with Crippen LogP contribution < -0.4 is 10.1 Å². The molecule has 2 aromatic carbocycles. The third-order valence-electron chi connectivity index (χ3n) is 4.80. The zero-order valence-corrected chi connectivity index (χ0v) is 16.3. The summed E-state index contributed by atoms with van der Waals surface area (Å²) in [7, 11) is 0. The molecule has 0 aliphatic heterocycles. The van der Waals surface area contributed by atoms with Crippen LogP contribution in [0.1, 0.15) is 29.9 Å². The summed E-state index contributed by atoms with van der Waals surface area (Å²) in [6.07, 6.45) is 0. The summed E-state index contributed by atoms with van der Waals surface area (Å²) in [6.45, 7) is 8.05. The van der Waals surface area contributed by atoms with Gasteiger partial charge in [0.05, 0.1) is 0 Å². The van der Waals surface area contributed by atoms with E-state index in [1.54, 1.807) is 12.1 Å². The number of aromatic nitrogens is 1. The van der Waals surface area contributed by atoms with Crippen LogP contribution in [0.5, 0.6) is 5.75 Å². The minimum atomic E-state index is -0.325. The molecule has 1 aromatic heterocycles. The van der Waals surface area contributed by atoms with Gasteiger partial charge in [-0.15, -0.1) is 0 Å². The molecule has 148 valence electrons. The Labute approximate surface area is 164 Å². The van der Waals surface area contributed by atoms with Crippen LogP contribution in [0.15, 0.2) is 48.5 Å². The number of hydrogen-bond donors (Lipinski definition) is 2. The lowest BCUT2D eigenvalue weighted by Gasteiger charge is -2.19. The SMILES string of the molecule is CCN(CC)CCOc1ccccc1CNC(=O)c1cc2cc(F)ccc2[nH]1. The molecule has 0 atom stereocenters. The van der Waals surface area contributed by atoms with Crippen molar-refractivity contribution in [3.63, 3.8) is 0 Å². The summed E-state index contributed by atoms with van der Waals surface area (Å²) < 4.78 is 19.3. The average Bonchev–Trinajstić information content (AvgIpc) is 3.13. The lowest BCUT2D eigenvalue weighted by molar-refractivity contribution is 0.0946. The highest BCUT2D eigenvalue weighted by Crippen LogP contribution is 2.19. The molecule has 28 heavy (non-hydrogen) atoms. The van der Waals surface area contributed by atoms with E-state index in [2.05, 4.69) is 29.0 Å². The lowest BCUT2D eigenvalue weighted by Crippen LogP contribution is -2.28. The second kappa shape index (κ2) is 9.37. The second-order valence-corrected chi connectivity index (χ2v) is 6.58. The first kappa shape index (κ1) is 19.9. The molecule has 1 amide bonds.